The second-order valence-electron chi connectivity index (χ2n) is 5.43. The van der Waals surface area contributed by atoms with Gasteiger partial charge in [0.1, 0.15) is 6.10 Å². The van der Waals surface area contributed by atoms with Gasteiger partial charge in [0.15, 0.2) is 0 Å². The molecule has 1 fully saturated rings. The summed E-state index contributed by atoms with van der Waals surface area (Å²) in [6.45, 7) is 0.897. The molecule has 4 nitrogen and oxygen atoms in total. The first kappa shape index (κ1) is 15.1. The van der Waals surface area contributed by atoms with Crippen molar-refractivity contribution in [3.8, 4) is 5.88 Å². The van der Waals surface area contributed by atoms with Gasteiger partial charge >= 0.3 is 0 Å². The van der Waals surface area contributed by atoms with Crippen molar-refractivity contribution in [2.45, 2.75) is 38.2 Å². The van der Waals surface area contributed by atoms with E-state index in [0.29, 0.717) is 11.8 Å². The number of halogens is 2. The number of ether oxygens (including phenoxy) is 1. The van der Waals surface area contributed by atoms with Gasteiger partial charge in [-0.2, -0.15) is 0 Å². The van der Waals surface area contributed by atoms with Crippen molar-refractivity contribution in [1.29, 1.82) is 0 Å². The Labute approximate surface area is 117 Å². The van der Waals surface area contributed by atoms with Crippen LogP contribution in [0.5, 0.6) is 5.88 Å². The van der Waals surface area contributed by atoms with Gasteiger partial charge in [-0.15, -0.1) is 0 Å². The fraction of sp³-hybridized carbons (Fsp3) is 0.643. The molecule has 0 amide bonds. The summed E-state index contributed by atoms with van der Waals surface area (Å²) in [4.78, 5) is 3.93. The molecule has 0 aromatic carbocycles. The van der Waals surface area contributed by atoms with Gasteiger partial charge in [0.25, 0.3) is 6.43 Å². The molecule has 1 aromatic heterocycles. The third kappa shape index (κ3) is 4.38. The standard InChI is InChI=1S/C14H21F2N3O/c1-19(17)9-10-2-5-12(6-3-10)20-13-7-4-11(8-18-13)14(15)16/h4,7-8,10,12,14H,2-3,5-6,9,17H2,1H3/t10-,12-. The first-order valence-corrected chi connectivity index (χ1v) is 6.91. The summed E-state index contributed by atoms with van der Waals surface area (Å²) in [7, 11) is 1.87. The summed E-state index contributed by atoms with van der Waals surface area (Å²) >= 11 is 0. The van der Waals surface area contributed by atoms with Crippen LogP contribution < -0.4 is 10.6 Å². The van der Waals surface area contributed by atoms with Gasteiger partial charge in [-0.1, -0.05) is 0 Å². The molecule has 0 bridgehead atoms. The van der Waals surface area contributed by atoms with Gasteiger partial charge in [-0.05, 0) is 37.7 Å². The Balaban J connectivity index is 1.80. The molecular weight excluding hydrogens is 264 g/mol. The number of nitrogens with zero attached hydrogens (tertiary/aromatic N) is 2. The number of alkyl halides is 2. The third-order valence-corrected chi connectivity index (χ3v) is 3.64. The maximum absolute atomic E-state index is 12.4. The normalized spacial score (nSPS) is 23.3. The number of hydrogen-bond acceptors (Lipinski definition) is 4. The zero-order valence-corrected chi connectivity index (χ0v) is 11.6. The molecule has 1 aromatic rings. The number of nitrogens with two attached hydrogens (primary N) is 1. The predicted molar refractivity (Wildman–Crippen MR) is 72.4 cm³/mol. The maximum atomic E-state index is 12.4. The molecule has 0 atom stereocenters. The van der Waals surface area contributed by atoms with Crippen LogP contribution in [0.1, 0.15) is 37.7 Å². The van der Waals surface area contributed by atoms with E-state index in [1.54, 1.807) is 5.01 Å². The van der Waals surface area contributed by atoms with E-state index in [4.69, 9.17) is 10.6 Å². The van der Waals surface area contributed by atoms with Crippen molar-refractivity contribution in [2.24, 2.45) is 11.8 Å². The number of hydrogen-bond donors (Lipinski definition) is 1. The monoisotopic (exact) mass is 285 g/mol. The Kier molecular flexibility index (Phi) is 5.25. The quantitative estimate of drug-likeness (QED) is 0.667. The van der Waals surface area contributed by atoms with Gasteiger partial charge in [-0.3, -0.25) is 5.84 Å². The Morgan fingerprint density at radius 1 is 1.35 bits per heavy atom. The number of pyridine rings is 1. The number of aromatic nitrogens is 1. The van der Waals surface area contributed by atoms with E-state index < -0.39 is 6.43 Å². The Bertz CT molecular complexity index is 403. The molecule has 1 aliphatic rings. The Morgan fingerprint density at radius 2 is 2.05 bits per heavy atom. The van der Waals surface area contributed by atoms with Crippen molar-refractivity contribution in [3.63, 3.8) is 0 Å². The fourth-order valence-corrected chi connectivity index (χ4v) is 2.60. The number of hydrazine groups is 1. The summed E-state index contributed by atoms with van der Waals surface area (Å²) in [6.07, 6.45) is 2.87. The van der Waals surface area contributed by atoms with Crippen molar-refractivity contribution in [1.82, 2.24) is 9.99 Å². The largest absolute Gasteiger partial charge is 0.474 e. The minimum atomic E-state index is -2.49. The van der Waals surface area contributed by atoms with E-state index >= 15 is 0 Å². The van der Waals surface area contributed by atoms with E-state index in [0.717, 1.165) is 32.2 Å². The molecule has 0 unspecified atom stereocenters. The predicted octanol–water partition coefficient (Wildman–Crippen LogP) is 2.76. The van der Waals surface area contributed by atoms with Crippen LogP contribution >= 0.6 is 0 Å². The first-order chi connectivity index (χ1) is 9.54. The summed E-state index contributed by atoms with van der Waals surface area (Å²) in [6, 6.07) is 2.88. The SMILES string of the molecule is CN(N)C[C@H]1CC[C@H](Oc2ccc(C(F)F)cn2)CC1. The summed E-state index contributed by atoms with van der Waals surface area (Å²) < 4.78 is 30.6. The van der Waals surface area contributed by atoms with Crippen LogP contribution in [-0.4, -0.2) is 29.7 Å². The minimum absolute atomic E-state index is 0.0768. The van der Waals surface area contributed by atoms with Gasteiger partial charge < -0.3 is 4.74 Å². The molecule has 112 valence electrons. The second-order valence-corrected chi connectivity index (χ2v) is 5.43. The van der Waals surface area contributed by atoms with Crippen molar-refractivity contribution < 1.29 is 13.5 Å². The molecule has 6 heteroatoms. The molecule has 20 heavy (non-hydrogen) atoms. The zero-order chi connectivity index (χ0) is 14.5. The van der Waals surface area contributed by atoms with Gasteiger partial charge in [-0.25, -0.2) is 18.8 Å². The van der Waals surface area contributed by atoms with E-state index in [-0.39, 0.29) is 11.7 Å². The fourth-order valence-electron chi connectivity index (χ4n) is 2.60. The highest BCUT2D eigenvalue weighted by molar-refractivity contribution is 5.18. The molecule has 0 spiro atoms. The lowest BCUT2D eigenvalue weighted by atomic mass is 9.87. The van der Waals surface area contributed by atoms with Crippen molar-refractivity contribution >= 4 is 0 Å². The van der Waals surface area contributed by atoms with Crippen molar-refractivity contribution in [3.05, 3.63) is 23.9 Å². The highest BCUT2D eigenvalue weighted by Gasteiger charge is 2.23. The smallest absolute Gasteiger partial charge is 0.265 e. The van der Waals surface area contributed by atoms with Crippen LogP contribution in [-0.2, 0) is 0 Å². The van der Waals surface area contributed by atoms with Crippen LogP contribution in [0.15, 0.2) is 18.3 Å². The molecule has 2 rings (SSSR count). The van der Waals surface area contributed by atoms with Crippen LogP contribution in [0.3, 0.4) is 0 Å². The molecule has 1 aliphatic carbocycles. The Hall–Kier alpha value is -1.27. The molecule has 0 radical (unpaired) electrons. The zero-order valence-electron chi connectivity index (χ0n) is 11.6. The summed E-state index contributed by atoms with van der Waals surface area (Å²) in [5.41, 5.74) is -0.0768. The van der Waals surface area contributed by atoms with E-state index in [9.17, 15) is 8.78 Å². The number of rotatable bonds is 5. The van der Waals surface area contributed by atoms with E-state index in [1.807, 2.05) is 7.05 Å². The highest BCUT2D eigenvalue weighted by atomic mass is 19.3. The third-order valence-electron chi connectivity index (χ3n) is 3.64. The lowest BCUT2D eigenvalue weighted by Crippen LogP contribution is -2.35. The first-order valence-electron chi connectivity index (χ1n) is 6.91. The van der Waals surface area contributed by atoms with E-state index in [2.05, 4.69) is 4.98 Å². The van der Waals surface area contributed by atoms with Crippen molar-refractivity contribution in [2.75, 3.05) is 13.6 Å². The van der Waals surface area contributed by atoms with Gasteiger partial charge in [0.05, 0.1) is 0 Å². The van der Waals surface area contributed by atoms with Crippen LogP contribution in [0, 0.1) is 5.92 Å². The summed E-state index contributed by atoms with van der Waals surface area (Å²) in [5, 5.41) is 1.72. The highest BCUT2D eigenvalue weighted by Crippen LogP contribution is 2.27. The van der Waals surface area contributed by atoms with Crippen LogP contribution in [0.2, 0.25) is 0 Å². The average Bonchev–Trinajstić information content (AvgIpc) is 2.41. The van der Waals surface area contributed by atoms with Crippen LogP contribution in [0.25, 0.3) is 0 Å². The molecular formula is C14H21F2N3O. The topological polar surface area (TPSA) is 51.4 Å². The average molecular weight is 285 g/mol. The molecule has 1 saturated carbocycles. The molecule has 2 N–H and O–H groups in total. The maximum Gasteiger partial charge on any atom is 0.265 e. The van der Waals surface area contributed by atoms with Crippen LogP contribution in [0.4, 0.5) is 8.78 Å². The van der Waals surface area contributed by atoms with Gasteiger partial charge in [0, 0.05) is 31.4 Å². The second kappa shape index (κ2) is 6.95. The summed E-state index contributed by atoms with van der Waals surface area (Å²) in [5.74, 6) is 6.69. The lowest BCUT2D eigenvalue weighted by molar-refractivity contribution is 0.112. The molecule has 0 aliphatic heterocycles. The van der Waals surface area contributed by atoms with Gasteiger partial charge in [0.2, 0.25) is 5.88 Å². The molecule has 0 saturated heterocycles. The Morgan fingerprint density at radius 3 is 2.55 bits per heavy atom. The van der Waals surface area contributed by atoms with E-state index in [1.165, 1.54) is 18.3 Å². The lowest BCUT2D eigenvalue weighted by Gasteiger charge is -2.30. The molecule has 1 heterocycles. The minimum Gasteiger partial charge on any atom is -0.474 e.